The molecule has 0 aromatic carbocycles. The van der Waals surface area contributed by atoms with Crippen LogP contribution < -0.4 is 4.31 Å². The fraction of sp³-hybridized carbons (Fsp3) is 0.455. The Morgan fingerprint density at radius 3 is 2.93 bits per heavy atom. The maximum Gasteiger partial charge on any atom is 0.150 e. The van der Waals surface area contributed by atoms with Crippen LogP contribution in [0.15, 0.2) is 6.07 Å². The van der Waals surface area contributed by atoms with Gasteiger partial charge in [-0.1, -0.05) is 0 Å². The van der Waals surface area contributed by atoms with Crippen molar-refractivity contribution < 1.29 is 4.79 Å². The standard InChI is InChI=1S/C11H14N2OS/c1-8-9(2)12-11(6-10(8)7-14)13-4-3-5-15-13/h6-7H,3-5H2,1-2H3. The van der Waals surface area contributed by atoms with Gasteiger partial charge >= 0.3 is 0 Å². The smallest absolute Gasteiger partial charge is 0.150 e. The van der Waals surface area contributed by atoms with E-state index in [0.29, 0.717) is 0 Å². The van der Waals surface area contributed by atoms with E-state index in [4.69, 9.17) is 0 Å². The first-order valence-corrected chi connectivity index (χ1v) is 6.00. The van der Waals surface area contributed by atoms with Gasteiger partial charge in [-0.3, -0.25) is 4.79 Å². The fourth-order valence-corrected chi connectivity index (χ4v) is 2.59. The monoisotopic (exact) mass is 222 g/mol. The lowest BCUT2D eigenvalue weighted by Crippen LogP contribution is -2.12. The first kappa shape index (κ1) is 10.5. The number of hydrogen-bond donors (Lipinski definition) is 0. The van der Waals surface area contributed by atoms with Crippen molar-refractivity contribution in [2.45, 2.75) is 20.3 Å². The topological polar surface area (TPSA) is 33.2 Å². The summed E-state index contributed by atoms with van der Waals surface area (Å²) in [5, 5.41) is 0. The summed E-state index contributed by atoms with van der Waals surface area (Å²) in [5.41, 5.74) is 2.69. The molecule has 1 aromatic heterocycles. The number of aromatic nitrogens is 1. The number of pyridine rings is 1. The second kappa shape index (κ2) is 4.23. The van der Waals surface area contributed by atoms with Crippen LogP contribution in [0.4, 0.5) is 5.82 Å². The van der Waals surface area contributed by atoms with E-state index in [1.165, 1.54) is 6.42 Å². The molecule has 0 atom stereocenters. The molecule has 80 valence electrons. The molecule has 0 spiro atoms. The summed E-state index contributed by atoms with van der Waals surface area (Å²) in [6.45, 7) is 4.91. The van der Waals surface area contributed by atoms with E-state index in [2.05, 4.69) is 9.29 Å². The average Bonchev–Trinajstić information content (AvgIpc) is 2.75. The number of nitrogens with zero attached hydrogens (tertiary/aromatic N) is 2. The summed E-state index contributed by atoms with van der Waals surface area (Å²) >= 11 is 1.78. The molecule has 0 aliphatic carbocycles. The minimum atomic E-state index is 0.755. The molecule has 2 rings (SSSR count). The Balaban J connectivity index is 2.39. The molecule has 1 saturated heterocycles. The normalized spacial score (nSPS) is 15.7. The number of carbonyl (C=O) groups is 1. The zero-order chi connectivity index (χ0) is 10.8. The zero-order valence-electron chi connectivity index (χ0n) is 8.99. The highest BCUT2D eigenvalue weighted by Crippen LogP contribution is 2.28. The molecule has 0 radical (unpaired) electrons. The molecule has 4 heteroatoms. The van der Waals surface area contributed by atoms with E-state index in [0.717, 1.165) is 41.2 Å². The average molecular weight is 222 g/mol. The van der Waals surface area contributed by atoms with Crippen molar-refractivity contribution in [3.8, 4) is 0 Å². The highest BCUT2D eigenvalue weighted by atomic mass is 32.2. The Morgan fingerprint density at radius 1 is 1.53 bits per heavy atom. The van der Waals surface area contributed by atoms with Crippen molar-refractivity contribution in [3.63, 3.8) is 0 Å². The van der Waals surface area contributed by atoms with Crippen LogP contribution in [0.25, 0.3) is 0 Å². The lowest BCUT2D eigenvalue weighted by Gasteiger charge is -2.16. The van der Waals surface area contributed by atoms with E-state index in [9.17, 15) is 4.79 Å². The molecule has 0 bridgehead atoms. The van der Waals surface area contributed by atoms with Crippen molar-refractivity contribution in [2.24, 2.45) is 0 Å². The lowest BCUT2D eigenvalue weighted by molar-refractivity contribution is 0.112. The summed E-state index contributed by atoms with van der Waals surface area (Å²) in [5.74, 6) is 2.06. The number of anilines is 1. The first-order chi connectivity index (χ1) is 7.22. The molecule has 3 nitrogen and oxygen atoms in total. The van der Waals surface area contributed by atoms with Crippen LogP contribution in [-0.4, -0.2) is 23.6 Å². The van der Waals surface area contributed by atoms with E-state index in [1.54, 1.807) is 11.9 Å². The summed E-state index contributed by atoms with van der Waals surface area (Å²) in [6, 6.07) is 1.88. The third kappa shape index (κ3) is 2.00. The van der Waals surface area contributed by atoms with Gasteiger partial charge < -0.3 is 4.31 Å². The molecular formula is C11H14N2OS. The zero-order valence-corrected chi connectivity index (χ0v) is 9.80. The van der Waals surface area contributed by atoms with Crippen molar-refractivity contribution in [3.05, 3.63) is 22.9 Å². The highest BCUT2D eigenvalue weighted by Gasteiger charge is 2.16. The Labute approximate surface area is 94.0 Å². The largest absolute Gasteiger partial charge is 0.301 e. The van der Waals surface area contributed by atoms with Crippen LogP contribution in [0.3, 0.4) is 0 Å². The van der Waals surface area contributed by atoms with Crippen molar-refractivity contribution in [1.82, 2.24) is 4.98 Å². The predicted octanol–water partition coefficient (Wildman–Crippen LogP) is 2.37. The fourth-order valence-electron chi connectivity index (χ4n) is 1.62. The number of rotatable bonds is 2. The first-order valence-electron chi connectivity index (χ1n) is 5.06. The second-order valence-corrected chi connectivity index (χ2v) is 4.79. The number of aryl methyl sites for hydroxylation is 1. The number of hydrogen-bond acceptors (Lipinski definition) is 4. The Bertz CT molecular complexity index is 386. The van der Waals surface area contributed by atoms with Gasteiger partial charge in [-0.25, -0.2) is 4.98 Å². The molecule has 15 heavy (non-hydrogen) atoms. The van der Waals surface area contributed by atoms with Crippen LogP contribution in [0.5, 0.6) is 0 Å². The maximum absolute atomic E-state index is 10.9. The lowest BCUT2D eigenvalue weighted by atomic mass is 10.1. The van der Waals surface area contributed by atoms with E-state index in [-0.39, 0.29) is 0 Å². The van der Waals surface area contributed by atoms with Gasteiger partial charge in [0.05, 0.1) is 0 Å². The van der Waals surface area contributed by atoms with Gasteiger partial charge in [-0.15, -0.1) is 0 Å². The minimum absolute atomic E-state index is 0.755. The van der Waals surface area contributed by atoms with Crippen LogP contribution in [0, 0.1) is 13.8 Å². The quantitative estimate of drug-likeness (QED) is 0.568. The number of carbonyl (C=O) groups excluding carboxylic acids is 1. The molecule has 1 fully saturated rings. The molecule has 1 aromatic rings. The van der Waals surface area contributed by atoms with Gasteiger partial charge in [0.15, 0.2) is 6.29 Å². The summed E-state index contributed by atoms with van der Waals surface area (Å²) in [6.07, 6.45) is 2.10. The molecule has 1 aliphatic rings. The van der Waals surface area contributed by atoms with Crippen LogP contribution in [0.1, 0.15) is 28.0 Å². The van der Waals surface area contributed by atoms with Crippen molar-refractivity contribution in [2.75, 3.05) is 16.6 Å². The maximum atomic E-state index is 10.9. The predicted molar refractivity (Wildman–Crippen MR) is 63.5 cm³/mol. The van der Waals surface area contributed by atoms with Gasteiger partial charge in [0.1, 0.15) is 5.82 Å². The molecular weight excluding hydrogens is 208 g/mol. The van der Waals surface area contributed by atoms with Gasteiger partial charge in [-0.05, 0) is 43.8 Å². The van der Waals surface area contributed by atoms with Crippen molar-refractivity contribution >= 4 is 24.1 Å². The van der Waals surface area contributed by atoms with Crippen LogP contribution >= 0.6 is 11.9 Å². The van der Waals surface area contributed by atoms with E-state index < -0.39 is 0 Å². The third-order valence-electron chi connectivity index (χ3n) is 2.68. The Hall–Kier alpha value is -1.03. The van der Waals surface area contributed by atoms with E-state index >= 15 is 0 Å². The van der Waals surface area contributed by atoms with Crippen LogP contribution in [-0.2, 0) is 0 Å². The van der Waals surface area contributed by atoms with Crippen LogP contribution in [0.2, 0.25) is 0 Å². The third-order valence-corrected chi connectivity index (χ3v) is 3.83. The molecule has 2 heterocycles. The van der Waals surface area contributed by atoms with Gasteiger partial charge in [0.2, 0.25) is 0 Å². The second-order valence-electron chi connectivity index (χ2n) is 3.69. The summed E-state index contributed by atoms with van der Waals surface area (Å²) in [4.78, 5) is 15.4. The molecule has 0 saturated carbocycles. The van der Waals surface area contributed by atoms with Crippen molar-refractivity contribution in [1.29, 1.82) is 0 Å². The Morgan fingerprint density at radius 2 is 2.33 bits per heavy atom. The van der Waals surface area contributed by atoms with Gasteiger partial charge in [-0.2, -0.15) is 0 Å². The highest BCUT2D eigenvalue weighted by molar-refractivity contribution is 8.00. The molecule has 0 unspecified atom stereocenters. The van der Waals surface area contributed by atoms with Gasteiger partial charge in [0, 0.05) is 23.6 Å². The number of aldehydes is 1. The molecule has 0 N–H and O–H groups in total. The molecule has 0 amide bonds. The summed E-state index contributed by atoms with van der Waals surface area (Å²) < 4.78 is 2.17. The van der Waals surface area contributed by atoms with Gasteiger partial charge in [0.25, 0.3) is 0 Å². The van der Waals surface area contributed by atoms with E-state index in [1.807, 2.05) is 19.9 Å². The summed E-state index contributed by atoms with van der Waals surface area (Å²) in [7, 11) is 0. The Kier molecular flexibility index (Phi) is 2.95. The molecule has 1 aliphatic heterocycles. The SMILES string of the molecule is Cc1nc(N2CCCS2)cc(C=O)c1C. The minimum Gasteiger partial charge on any atom is -0.301 e.